The summed E-state index contributed by atoms with van der Waals surface area (Å²) in [6, 6.07) is 10.6. The molecular formula is C19H21N7. The molecule has 1 atom stereocenters. The van der Waals surface area contributed by atoms with Gasteiger partial charge in [-0.1, -0.05) is 12.1 Å². The van der Waals surface area contributed by atoms with Crippen molar-refractivity contribution in [3.05, 3.63) is 47.7 Å². The van der Waals surface area contributed by atoms with Gasteiger partial charge in [-0.05, 0) is 38.8 Å². The highest BCUT2D eigenvalue weighted by molar-refractivity contribution is 5.76. The van der Waals surface area contributed by atoms with Crippen LogP contribution in [0.25, 0.3) is 16.8 Å². The average Bonchev–Trinajstić information content (AvgIpc) is 3.31. The molecule has 0 spiro atoms. The minimum absolute atomic E-state index is 0.224. The summed E-state index contributed by atoms with van der Waals surface area (Å²) in [6.45, 7) is 4.89. The van der Waals surface area contributed by atoms with Gasteiger partial charge in [0, 0.05) is 25.4 Å². The number of aromatic nitrogens is 6. The van der Waals surface area contributed by atoms with Crippen LogP contribution in [0, 0.1) is 13.8 Å². The molecule has 1 fully saturated rings. The van der Waals surface area contributed by atoms with Crippen LogP contribution in [0.2, 0.25) is 0 Å². The number of imidazole rings is 1. The van der Waals surface area contributed by atoms with Crippen LogP contribution >= 0.6 is 0 Å². The highest BCUT2D eigenvalue weighted by atomic mass is 15.4. The molecule has 1 aliphatic rings. The Morgan fingerprint density at radius 3 is 2.77 bits per heavy atom. The zero-order valence-corrected chi connectivity index (χ0v) is 15.2. The fraction of sp³-hybridized carbons (Fsp3) is 0.368. The molecule has 5 rings (SSSR count). The number of hydrogen-bond donors (Lipinski definition) is 0. The first-order chi connectivity index (χ1) is 12.6. The average molecular weight is 347 g/mol. The highest BCUT2D eigenvalue weighted by Crippen LogP contribution is 2.36. The van der Waals surface area contributed by atoms with Gasteiger partial charge in [0.1, 0.15) is 17.5 Å². The summed E-state index contributed by atoms with van der Waals surface area (Å²) in [5, 5.41) is 4.57. The Hall–Kier alpha value is -2.96. The lowest BCUT2D eigenvalue weighted by Gasteiger charge is -2.26. The highest BCUT2D eigenvalue weighted by Gasteiger charge is 2.32. The summed E-state index contributed by atoms with van der Waals surface area (Å²) in [6.07, 6.45) is 2.21. The minimum atomic E-state index is 0.224. The first-order valence-electron chi connectivity index (χ1n) is 9.01. The maximum atomic E-state index is 4.94. The van der Waals surface area contributed by atoms with E-state index in [-0.39, 0.29) is 6.04 Å². The van der Waals surface area contributed by atoms with Gasteiger partial charge in [-0.15, -0.1) is 5.10 Å². The number of fused-ring (bicyclic) bond motifs is 2. The molecule has 7 nitrogen and oxygen atoms in total. The number of nitrogens with zero attached hydrogens (tertiary/aromatic N) is 7. The summed E-state index contributed by atoms with van der Waals surface area (Å²) >= 11 is 0. The monoisotopic (exact) mass is 347 g/mol. The second kappa shape index (κ2) is 5.52. The standard InChI is InChI=1S/C19H21N7/c1-12-11-17(26-19(20-12)21-13(2)23-26)25-10-6-9-16(25)18-22-14-7-4-5-8-15(14)24(18)3/h4-5,7-8,11,16H,6,9-10H2,1-3H3. The van der Waals surface area contributed by atoms with Gasteiger partial charge in [-0.3, -0.25) is 0 Å². The van der Waals surface area contributed by atoms with Gasteiger partial charge < -0.3 is 9.47 Å². The van der Waals surface area contributed by atoms with E-state index in [1.807, 2.05) is 24.4 Å². The number of rotatable bonds is 2. The summed E-state index contributed by atoms with van der Waals surface area (Å²) in [4.78, 5) is 16.3. The van der Waals surface area contributed by atoms with Crippen LogP contribution in [-0.4, -0.2) is 35.7 Å². The normalized spacial score (nSPS) is 17.7. The number of aryl methyl sites for hydroxylation is 3. The first-order valence-corrected chi connectivity index (χ1v) is 9.01. The maximum absolute atomic E-state index is 4.94. The van der Waals surface area contributed by atoms with Crippen molar-refractivity contribution in [3.63, 3.8) is 0 Å². The number of anilines is 1. The van der Waals surface area contributed by atoms with E-state index >= 15 is 0 Å². The molecule has 0 amide bonds. The molecule has 1 unspecified atom stereocenters. The molecule has 0 N–H and O–H groups in total. The Morgan fingerprint density at radius 1 is 1.08 bits per heavy atom. The van der Waals surface area contributed by atoms with Gasteiger partial charge in [0.2, 0.25) is 0 Å². The van der Waals surface area contributed by atoms with E-state index in [4.69, 9.17) is 4.98 Å². The molecule has 1 aliphatic heterocycles. The third-order valence-corrected chi connectivity index (χ3v) is 5.19. The van der Waals surface area contributed by atoms with E-state index in [2.05, 4.69) is 55.8 Å². The summed E-state index contributed by atoms with van der Waals surface area (Å²) < 4.78 is 4.08. The van der Waals surface area contributed by atoms with Crippen LogP contribution in [0.1, 0.15) is 36.2 Å². The van der Waals surface area contributed by atoms with Gasteiger partial charge in [0.15, 0.2) is 0 Å². The van der Waals surface area contributed by atoms with Crippen molar-refractivity contribution < 1.29 is 0 Å². The molecule has 1 aromatic carbocycles. The lowest BCUT2D eigenvalue weighted by Crippen LogP contribution is -2.27. The van der Waals surface area contributed by atoms with Crippen molar-refractivity contribution in [2.24, 2.45) is 7.05 Å². The molecule has 0 saturated carbocycles. The van der Waals surface area contributed by atoms with E-state index in [1.54, 1.807) is 0 Å². The largest absolute Gasteiger partial charge is 0.346 e. The van der Waals surface area contributed by atoms with E-state index < -0.39 is 0 Å². The Labute approximate surface area is 151 Å². The molecule has 26 heavy (non-hydrogen) atoms. The van der Waals surface area contributed by atoms with Crippen molar-refractivity contribution in [2.75, 3.05) is 11.4 Å². The third-order valence-electron chi connectivity index (χ3n) is 5.19. The van der Waals surface area contributed by atoms with E-state index in [0.717, 1.165) is 48.1 Å². The van der Waals surface area contributed by atoms with Crippen LogP contribution in [0.5, 0.6) is 0 Å². The van der Waals surface area contributed by atoms with Gasteiger partial charge in [0.25, 0.3) is 5.78 Å². The smallest absolute Gasteiger partial charge is 0.254 e. The number of benzene rings is 1. The molecular weight excluding hydrogens is 326 g/mol. The lowest BCUT2D eigenvalue weighted by atomic mass is 10.2. The van der Waals surface area contributed by atoms with E-state index in [1.165, 1.54) is 5.52 Å². The summed E-state index contributed by atoms with van der Waals surface area (Å²) in [5.41, 5.74) is 3.17. The van der Waals surface area contributed by atoms with Crippen molar-refractivity contribution >= 4 is 22.6 Å². The second-order valence-corrected chi connectivity index (χ2v) is 7.00. The van der Waals surface area contributed by atoms with Crippen LogP contribution < -0.4 is 4.90 Å². The SMILES string of the molecule is Cc1cc(N2CCCC2c2nc3ccccc3n2C)n2nc(C)nc2n1. The lowest BCUT2D eigenvalue weighted by molar-refractivity contribution is 0.626. The summed E-state index contributed by atoms with van der Waals surface area (Å²) in [7, 11) is 2.11. The van der Waals surface area contributed by atoms with Crippen LogP contribution in [0.3, 0.4) is 0 Å². The third kappa shape index (κ3) is 2.20. The van der Waals surface area contributed by atoms with E-state index in [9.17, 15) is 0 Å². The molecule has 1 saturated heterocycles. The number of hydrogen-bond acceptors (Lipinski definition) is 5. The Bertz CT molecular complexity index is 1120. The maximum Gasteiger partial charge on any atom is 0.254 e. The zero-order chi connectivity index (χ0) is 17.8. The van der Waals surface area contributed by atoms with Crippen molar-refractivity contribution in [1.82, 2.24) is 29.1 Å². The van der Waals surface area contributed by atoms with Crippen molar-refractivity contribution in [1.29, 1.82) is 0 Å². The Kier molecular flexibility index (Phi) is 3.25. The molecule has 0 aliphatic carbocycles. The van der Waals surface area contributed by atoms with Gasteiger partial charge in [-0.25, -0.2) is 9.97 Å². The topological polar surface area (TPSA) is 64.1 Å². The Morgan fingerprint density at radius 2 is 1.92 bits per heavy atom. The molecule has 0 bridgehead atoms. The molecule has 132 valence electrons. The molecule has 7 heteroatoms. The van der Waals surface area contributed by atoms with Crippen LogP contribution in [0.15, 0.2) is 30.3 Å². The zero-order valence-electron chi connectivity index (χ0n) is 15.2. The van der Waals surface area contributed by atoms with Gasteiger partial charge in [-0.2, -0.15) is 9.50 Å². The number of para-hydroxylation sites is 2. The fourth-order valence-corrected chi connectivity index (χ4v) is 4.04. The molecule has 3 aromatic heterocycles. The van der Waals surface area contributed by atoms with Crippen molar-refractivity contribution in [3.8, 4) is 0 Å². The molecule has 0 radical (unpaired) electrons. The van der Waals surface area contributed by atoms with Crippen LogP contribution in [-0.2, 0) is 7.05 Å². The van der Waals surface area contributed by atoms with Gasteiger partial charge in [0.05, 0.1) is 17.1 Å². The summed E-state index contributed by atoms with van der Waals surface area (Å²) in [5.74, 6) is 3.54. The van der Waals surface area contributed by atoms with Crippen molar-refractivity contribution in [2.45, 2.75) is 32.7 Å². The molecule has 4 aromatic rings. The fourth-order valence-electron chi connectivity index (χ4n) is 4.04. The van der Waals surface area contributed by atoms with Crippen LogP contribution in [0.4, 0.5) is 5.82 Å². The second-order valence-electron chi connectivity index (χ2n) is 7.00. The quantitative estimate of drug-likeness (QED) is 0.558. The first kappa shape index (κ1) is 15.3. The predicted molar refractivity (Wildman–Crippen MR) is 100 cm³/mol. The van der Waals surface area contributed by atoms with E-state index in [0.29, 0.717) is 5.78 Å². The Balaban J connectivity index is 1.66. The molecule has 4 heterocycles. The van der Waals surface area contributed by atoms with Gasteiger partial charge >= 0.3 is 0 Å². The minimum Gasteiger partial charge on any atom is -0.346 e. The predicted octanol–water partition coefficient (Wildman–Crippen LogP) is 2.97.